The Labute approximate surface area is 135 Å². The topological polar surface area (TPSA) is 45.7 Å². The normalized spacial score (nSPS) is 17.2. The molecule has 5 nitrogen and oxygen atoms in total. The molecule has 0 bridgehead atoms. The maximum Gasteiger partial charge on any atom is 0.259 e. The van der Waals surface area contributed by atoms with Crippen LogP contribution in [0.2, 0.25) is 0 Å². The monoisotopic (exact) mass is 309 g/mol. The summed E-state index contributed by atoms with van der Waals surface area (Å²) in [6.07, 6.45) is 4.22. The van der Waals surface area contributed by atoms with Crippen LogP contribution in [0.3, 0.4) is 0 Å². The van der Waals surface area contributed by atoms with Crippen LogP contribution in [0, 0.1) is 0 Å². The molecule has 0 N–H and O–H groups in total. The van der Waals surface area contributed by atoms with Crippen LogP contribution >= 0.6 is 0 Å². The average Bonchev–Trinajstić information content (AvgIpc) is 3.05. The van der Waals surface area contributed by atoms with E-state index in [4.69, 9.17) is 4.74 Å². The molecule has 0 atom stereocenters. The van der Waals surface area contributed by atoms with Crippen LogP contribution < -0.4 is 9.80 Å². The number of benzene rings is 1. The quantitative estimate of drug-likeness (QED) is 0.852. The van der Waals surface area contributed by atoms with Crippen molar-refractivity contribution >= 4 is 17.3 Å². The lowest BCUT2D eigenvalue weighted by atomic mass is 10.1. The number of hydrogen-bond donors (Lipinski definition) is 0. The van der Waals surface area contributed by atoms with Crippen molar-refractivity contribution < 1.29 is 9.53 Å². The van der Waals surface area contributed by atoms with Crippen LogP contribution in [-0.2, 0) is 11.2 Å². The Balaban J connectivity index is 1.63. The maximum atomic E-state index is 12.7. The summed E-state index contributed by atoms with van der Waals surface area (Å²) in [6, 6.07) is 10.1. The summed E-state index contributed by atoms with van der Waals surface area (Å²) in [7, 11) is 0. The van der Waals surface area contributed by atoms with Crippen molar-refractivity contribution in [1.82, 2.24) is 4.98 Å². The first-order valence-electron chi connectivity index (χ1n) is 8.00. The van der Waals surface area contributed by atoms with Crippen LogP contribution in [0.25, 0.3) is 0 Å². The van der Waals surface area contributed by atoms with Gasteiger partial charge in [0.25, 0.3) is 5.91 Å². The molecule has 23 heavy (non-hydrogen) atoms. The Kier molecular flexibility index (Phi) is 3.71. The van der Waals surface area contributed by atoms with E-state index in [-0.39, 0.29) is 5.91 Å². The molecular formula is C18H19N3O2. The van der Waals surface area contributed by atoms with E-state index < -0.39 is 0 Å². The second-order valence-electron chi connectivity index (χ2n) is 5.86. The second kappa shape index (κ2) is 6.01. The number of morpholine rings is 1. The number of ether oxygens (including phenoxy) is 1. The number of nitrogens with zero attached hydrogens (tertiary/aromatic N) is 3. The van der Waals surface area contributed by atoms with E-state index in [1.165, 1.54) is 5.56 Å². The number of aromatic nitrogens is 1. The van der Waals surface area contributed by atoms with Gasteiger partial charge in [0, 0.05) is 43.4 Å². The standard InChI is InChI=1S/C18H19N3O2/c22-18(15-2-1-6-19-13-15)21-7-5-14-3-4-16(12-17(14)21)20-8-10-23-11-9-20/h1-4,6,12-13H,5,7-11H2. The Hall–Kier alpha value is -2.40. The van der Waals surface area contributed by atoms with Crippen molar-refractivity contribution in [3.05, 3.63) is 53.9 Å². The second-order valence-corrected chi connectivity index (χ2v) is 5.86. The zero-order chi connectivity index (χ0) is 15.6. The average molecular weight is 309 g/mol. The summed E-state index contributed by atoms with van der Waals surface area (Å²) < 4.78 is 5.42. The van der Waals surface area contributed by atoms with Crippen molar-refractivity contribution in [1.29, 1.82) is 0 Å². The highest BCUT2D eigenvalue weighted by Crippen LogP contribution is 2.33. The highest BCUT2D eigenvalue weighted by molar-refractivity contribution is 6.07. The molecule has 3 heterocycles. The van der Waals surface area contributed by atoms with Gasteiger partial charge in [-0.1, -0.05) is 6.07 Å². The third-order valence-electron chi connectivity index (χ3n) is 4.49. The van der Waals surface area contributed by atoms with E-state index in [1.54, 1.807) is 18.5 Å². The summed E-state index contributed by atoms with van der Waals surface area (Å²) >= 11 is 0. The lowest BCUT2D eigenvalue weighted by Gasteiger charge is -2.29. The fraction of sp³-hybridized carbons (Fsp3) is 0.333. The van der Waals surface area contributed by atoms with Crippen molar-refractivity contribution in [2.24, 2.45) is 0 Å². The highest BCUT2D eigenvalue weighted by Gasteiger charge is 2.26. The van der Waals surface area contributed by atoms with Crippen LogP contribution in [-0.4, -0.2) is 43.7 Å². The van der Waals surface area contributed by atoms with Crippen molar-refractivity contribution in [3.8, 4) is 0 Å². The number of carbonyl (C=O) groups excluding carboxylic acids is 1. The van der Waals surface area contributed by atoms with E-state index in [2.05, 4.69) is 28.1 Å². The third kappa shape index (κ3) is 2.68. The number of hydrogen-bond acceptors (Lipinski definition) is 4. The molecule has 1 fully saturated rings. The zero-order valence-corrected chi connectivity index (χ0v) is 12.9. The Morgan fingerprint density at radius 2 is 2.00 bits per heavy atom. The van der Waals surface area contributed by atoms with Gasteiger partial charge in [-0.05, 0) is 36.2 Å². The molecule has 0 spiro atoms. The number of anilines is 2. The van der Waals surface area contributed by atoms with E-state index in [0.29, 0.717) is 5.56 Å². The molecule has 1 saturated heterocycles. The van der Waals surface area contributed by atoms with Gasteiger partial charge in [-0.3, -0.25) is 9.78 Å². The first kappa shape index (κ1) is 14.2. The van der Waals surface area contributed by atoms with E-state index in [1.807, 2.05) is 11.0 Å². The van der Waals surface area contributed by atoms with Gasteiger partial charge in [0.1, 0.15) is 0 Å². The SMILES string of the molecule is O=C(c1cccnc1)N1CCc2ccc(N3CCOCC3)cc21. The smallest absolute Gasteiger partial charge is 0.259 e. The van der Waals surface area contributed by atoms with Gasteiger partial charge in [0.2, 0.25) is 0 Å². The van der Waals surface area contributed by atoms with Gasteiger partial charge in [-0.2, -0.15) is 0 Å². The number of pyridine rings is 1. The number of fused-ring (bicyclic) bond motifs is 1. The first-order chi connectivity index (χ1) is 11.3. The lowest BCUT2D eigenvalue weighted by molar-refractivity contribution is 0.0989. The summed E-state index contributed by atoms with van der Waals surface area (Å²) in [5.41, 5.74) is 4.07. The molecule has 118 valence electrons. The van der Waals surface area contributed by atoms with Gasteiger partial charge < -0.3 is 14.5 Å². The van der Waals surface area contributed by atoms with Gasteiger partial charge in [-0.25, -0.2) is 0 Å². The first-order valence-corrected chi connectivity index (χ1v) is 8.00. The highest BCUT2D eigenvalue weighted by atomic mass is 16.5. The molecule has 2 aliphatic rings. The molecule has 0 radical (unpaired) electrons. The van der Waals surface area contributed by atoms with Gasteiger partial charge in [-0.15, -0.1) is 0 Å². The Morgan fingerprint density at radius 1 is 1.13 bits per heavy atom. The molecule has 1 aromatic carbocycles. The Morgan fingerprint density at radius 3 is 2.78 bits per heavy atom. The van der Waals surface area contributed by atoms with Gasteiger partial charge in [0.05, 0.1) is 18.8 Å². The molecular weight excluding hydrogens is 290 g/mol. The molecule has 0 saturated carbocycles. The minimum Gasteiger partial charge on any atom is -0.378 e. The van der Waals surface area contributed by atoms with Crippen molar-refractivity contribution in [3.63, 3.8) is 0 Å². The molecule has 0 unspecified atom stereocenters. The lowest BCUT2D eigenvalue weighted by Crippen LogP contribution is -2.36. The van der Waals surface area contributed by atoms with Crippen LogP contribution in [0.4, 0.5) is 11.4 Å². The minimum atomic E-state index is 0.0241. The molecule has 0 aliphatic carbocycles. The third-order valence-corrected chi connectivity index (χ3v) is 4.49. The van der Waals surface area contributed by atoms with Crippen LogP contribution in [0.1, 0.15) is 15.9 Å². The predicted molar refractivity (Wildman–Crippen MR) is 89.1 cm³/mol. The van der Waals surface area contributed by atoms with Gasteiger partial charge >= 0.3 is 0 Å². The zero-order valence-electron chi connectivity index (χ0n) is 12.9. The van der Waals surface area contributed by atoms with Crippen molar-refractivity contribution in [2.45, 2.75) is 6.42 Å². The molecule has 2 aliphatic heterocycles. The maximum absolute atomic E-state index is 12.7. The fourth-order valence-corrected chi connectivity index (χ4v) is 3.24. The van der Waals surface area contributed by atoms with Crippen LogP contribution in [0.15, 0.2) is 42.7 Å². The Bertz CT molecular complexity index is 711. The predicted octanol–water partition coefficient (Wildman–Crippen LogP) is 2.12. The van der Waals surface area contributed by atoms with E-state index in [0.717, 1.165) is 50.6 Å². The molecule has 1 amide bonds. The van der Waals surface area contributed by atoms with Crippen molar-refractivity contribution in [2.75, 3.05) is 42.6 Å². The number of amides is 1. The summed E-state index contributed by atoms with van der Waals surface area (Å²) in [4.78, 5) is 21.0. The fourth-order valence-electron chi connectivity index (χ4n) is 3.24. The van der Waals surface area contributed by atoms with E-state index >= 15 is 0 Å². The summed E-state index contributed by atoms with van der Waals surface area (Å²) in [6.45, 7) is 4.05. The summed E-state index contributed by atoms with van der Waals surface area (Å²) in [5.74, 6) is 0.0241. The molecule has 1 aromatic heterocycles. The minimum absolute atomic E-state index is 0.0241. The molecule has 5 heteroatoms. The number of carbonyl (C=O) groups is 1. The van der Waals surface area contributed by atoms with Crippen LogP contribution in [0.5, 0.6) is 0 Å². The molecule has 2 aromatic rings. The number of rotatable bonds is 2. The summed E-state index contributed by atoms with van der Waals surface area (Å²) in [5, 5.41) is 0. The van der Waals surface area contributed by atoms with Gasteiger partial charge in [0.15, 0.2) is 0 Å². The largest absolute Gasteiger partial charge is 0.378 e. The van der Waals surface area contributed by atoms with E-state index in [9.17, 15) is 4.79 Å². The molecule has 4 rings (SSSR count).